The highest BCUT2D eigenvalue weighted by atomic mass is 79.9. The molecule has 2 N–H and O–H groups in total. The molecule has 1 amide bonds. The van der Waals surface area contributed by atoms with Gasteiger partial charge in [-0.2, -0.15) is 0 Å². The van der Waals surface area contributed by atoms with Crippen LogP contribution in [0.3, 0.4) is 0 Å². The summed E-state index contributed by atoms with van der Waals surface area (Å²) in [6.45, 7) is 0.0168. The molecule has 1 aliphatic rings. The van der Waals surface area contributed by atoms with Crippen LogP contribution in [0.15, 0.2) is 64.6 Å². The maximum Gasteiger partial charge on any atom is 0.250 e. The number of halogens is 1. The van der Waals surface area contributed by atoms with Crippen LogP contribution >= 0.6 is 39.5 Å². The van der Waals surface area contributed by atoms with E-state index in [2.05, 4.69) is 42.5 Å². The van der Waals surface area contributed by atoms with E-state index >= 15 is 0 Å². The molecule has 154 valence electrons. The Balaban J connectivity index is 1.67. The van der Waals surface area contributed by atoms with Gasteiger partial charge >= 0.3 is 0 Å². The van der Waals surface area contributed by atoms with Crippen LogP contribution in [0.4, 0.5) is 11.4 Å². The molecule has 0 aliphatic carbocycles. The molecule has 0 radical (unpaired) electrons. The van der Waals surface area contributed by atoms with Gasteiger partial charge in [0.15, 0.2) is 5.11 Å². The lowest BCUT2D eigenvalue weighted by molar-refractivity contribution is -0.119. The highest BCUT2D eigenvalue weighted by Gasteiger charge is 2.41. The highest BCUT2D eigenvalue weighted by molar-refractivity contribution is 9.11. The number of thiocarbonyl (C=S) groups is 1. The zero-order chi connectivity index (χ0) is 21.1. The molecule has 0 bridgehead atoms. The van der Waals surface area contributed by atoms with Crippen LogP contribution < -0.4 is 15.5 Å². The van der Waals surface area contributed by atoms with E-state index in [1.807, 2.05) is 48.5 Å². The molecule has 2 aromatic heterocycles. The number of benzene rings is 1. The van der Waals surface area contributed by atoms with Gasteiger partial charge in [0.2, 0.25) is 5.91 Å². The number of carbonyl (C=O) groups is 1. The number of carbonyl (C=O) groups excluding carboxylic acids is 1. The third-order valence-electron chi connectivity index (χ3n) is 4.69. The Hall–Kier alpha value is -2.33. The summed E-state index contributed by atoms with van der Waals surface area (Å²) in [5.41, 5.74) is 2.57. The van der Waals surface area contributed by atoms with Crippen molar-refractivity contribution in [2.24, 2.45) is 0 Å². The first kappa shape index (κ1) is 20.9. The van der Waals surface area contributed by atoms with Gasteiger partial charge in [0.25, 0.3) is 0 Å². The predicted octanol–water partition coefficient (Wildman–Crippen LogP) is 4.67. The van der Waals surface area contributed by atoms with E-state index in [0.29, 0.717) is 10.8 Å². The SMILES string of the molecule is COCC(=O)Nc1ccc(N2C(=S)N[C@H](c3ccccn3)[C@H]2c2ccc(Br)s2)cc1. The Morgan fingerprint density at radius 2 is 2.07 bits per heavy atom. The number of hydrogen-bond acceptors (Lipinski definition) is 5. The summed E-state index contributed by atoms with van der Waals surface area (Å²) in [7, 11) is 1.49. The van der Waals surface area contributed by atoms with Gasteiger partial charge in [-0.15, -0.1) is 11.3 Å². The molecular weight excluding hydrogens is 484 g/mol. The van der Waals surface area contributed by atoms with E-state index in [4.69, 9.17) is 17.0 Å². The van der Waals surface area contributed by atoms with Gasteiger partial charge in [0, 0.05) is 29.6 Å². The van der Waals surface area contributed by atoms with Crippen LogP contribution in [-0.4, -0.2) is 29.7 Å². The van der Waals surface area contributed by atoms with Crippen LogP contribution in [-0.2, 0) is 9.53 Å². The van der Waals surface area contributed by atoms with Crippen LogP contribution in [0.1, 0.15) is 22.7 Å². The molecule has 0 unspecified atom stereocenters. The Morgan fingerprint density at radius 3 is 2.70 bits per heavy atom. The molecule has 0 saturated carbocycles. The molecule has 30 heavy (non-hydrogen) atoms. The van der Waals surface area contributed by atoms with Gasteiger partial charge in [-0.05, 0) is 76.7 Å². The molecule has 3 heterocycles. The Labute approximate surface area is 192 Å². The summed E-state index contributed by atoms with van der Waals surface area (Å²) in [4.78, 5) is 19.6. The molecule has 1 aromatic carbocycles. The van der Waals surface area contributed by atoms with Crippen molar-refractivity contribution >= 4 is 61.9 Å². The zero-order valence-electron chi connectivity index (χ0n) is 16.0. The lowest BCUT2D eigenvalue weighted by Gasteiger charge is -2.27. The average Bonchev–Trinajstić information content (AvgIpc) is 3.32. The molecule has 1 saturated heterocycles. The van der Waals surface area contributed by atoms with Crippen LogP contribution in [0.25, 0.3) is 0 Å². The zero-order valence-corrected chi connectivity index (χ0v) is 19.3. The normalized spacial score (nSPS) is 18.3. The fraction of sp³-hybridized carbons (Fsp3) is 0.190. The molecule has 3 aromatic rings. The Bertz CT molecular complexity index is 1040. The first-order chi connectivity index (χ1) is 14.6. The standard InChI is InChI=1S/C21H19BrN4O2S2/c1-28-12-18(27)24-13-5-7-14(8-6-13)26-20(16-9-10-17(22)30-16)19(25-21(26)29)15-4-2-3-11-23-15/h2-11,19-20H,12H2,1H3,(H,24,27)(H,25,29)/t19-,20-/m1/s1. The van der Waals surface area contributed by atoms with Gasteiger partial charge in [0.05, 0.1) is 21.6 Å². The monoisotopic (exact) mass is 502 g/mol. The average molecular weight is 503 g/mol. The van der Waals surface area contributed by atoms with Crippen molar-refractivity contribution in [1.82, 2.24) is 10.3 Å². The number of amides is 1. The van der Waals surface area contributed by atoms with E-state index in [-0.39, 0.29) is 24.6 Å². The summed E-state index contributed by atoms with van der Waals surface area (Å²) < 4.78 is 5.92. The molecule has 1 aliphatic heterocycles. The number of anilines is 2. The number of nitrogens with zero attached hydrogens (tertiary/aromatic N) is 2. The maximum atomic E-state index is 11.8. The highest BCUT2D eigenvalue weighted by Crippen LogP contribution is 2.44. The molecule has 6 nitrogen and oxygen atoms in total. The summed E-state index contributed by atoms with van der Waals surface area (Å²) in [6.07, 6.45) is 1.79. The quantitative estimate of drug-likeness (QED) is 0.477. The van der Waals surface area contributed by atoms with Gasteiger partial charge in [-0.25, -0.2) is 0 Å². The maximum absolute atomic E-state index is 11.8. The van der Waals surface area contributed by atoms with Crippen molar-refractivity contribution in [2.45, 2.75) is 12.1 Å². The Kier molecular flexibility index (Phi) is 6.43. The summed E-state index contributed by atoms with van der Waals surface area (Å²) in [5, 5.41) is 6.88. The second kappa shape index (κ2) is 9.22. The molecule has 9 heteroatoms. The van der Waals surface area contributed by atoms with E-state index in [0.717, 1.165) is 15.2 Å². The number of methoxy groups -OCH3 is 1. The number of hydrogen-bond donors (Lipinski definition) is 2. The van der Waals surface area contributed by atoms with Crippen molar-refractivity contribution < 1.29 is 9.53 Å². The van der Waals surface area contributed by atoms with E-state index in [1.165, 1.54) is 12.0 Å². The van der Waals surface area contributed by atoms with E-state index in [1.54, 1.807) is 17.5 Å². The second-order valence-corrected chi connectivity index (χ2v) is 9.55. The lowest BCUT2D eigenvalue weighted by Crippen LogP contribution is -2.29. The largest absolute Gasteiger partial charge is 0.375 e. The summed E-state index contributed by atoms with van der Waals surface area (Å²) >= 11 is 11.0. The minimum Gasteiger partial charge on any atom is -0.375 e. The van der Waals surface area contributed by atoms with E-state index in [9.17, 15) is 4.79 Å². The van der Waals surface area contributed by atoms with Crippen molar-refractivity contribution in [3.05, 3.63) is 75.2 Å². The van der Waals surface area contributed by atoms with Crippen molar-refractivity contribution in [1.29, 1.82) is 0 Å². The molecule has 4 rings (SSSR count). The fourth-order valence-electron chi connectivity index (χ4n) is 3.44. The van der Waals surface area contributed by atoms with E-state index < -0.39 is 0 Å². The number of nitrogens with one attached hydrogen (secondary N) is 2. The van der Waals surface area contributed by atoms with Crippen molar-refractivity contribution in [3.8, 4) is 0 Å². The first-order valence-corrected chi connectivity index (χ1v) is 11.2. The smallest absolute Gasteiger partial charge is 0.250 e. The first-order valence-electron chi connectivity index (χ1n) is 9.21. The minimum absolute atomic E-state index is 0.0168. The van der Waals surface area contributed by atoms with Crippen LogP contribution in [0.2, 0.25) is 0 Å². The molecule has 2 atom stereocenters. The van der Waals surface area contributed by atoms with Crippen LogP contribution in [0.5, 0.6) is 0 Å². The number of pyridine rings is 1. The third kappa shape index (κ3) is 4.39. The summed E-state index contributed by atoms with van der Waals surface area (Å²) in [6, 6.07) is 17.6. The number of thiophene rings is 1. The van der Waals surface area contributed by atoms with Crippen molar-refractivity contribution in [3.63, 3.8) is 0 Å². The van der Waals surface area contributed by atoms with Gasteiger partial charge in [0.1, 0.15) is 6.61 Å². The third-order valence-corrected chi connectivity index (χ3v) is 6.70. The molecule has 1 fully saturated rings. The number of rotatable bonds is 6. The number of ether oxygens (including phenoxy) is 1. The Morgan fingerprint density at radius 1 is 1.27 bits per heavy atom. The van der Waals surface area contributed by atoms with Crippen LogP contribution in [0, 0.1) is 0 Å². The summed E-state index contributed by atoms with van der Waals surface area (Å²) in [5.74, 6) is -0.194. The van der Waals surface area contributed by atoms with Gasteiger partial charge in [-0.1, -0.05) is 6.07 Å². The number of aromatic nitrogens is 1. The predicted molar refractivity (Wildman–Crippen MR) is 127 cm³/mol. The molecular formula is C21H19BrN4O2S2. The van der Waals surface area contributed by atoms with Gasteiger partial charge < -0.3 is 20.3 Å². The molecule has 0 spiro atoms. The lowest BCUT2D eigenvalue weighted by atomic mass is 10.0. The van der Waals surface area contributed by atoms with Gasteiger partial charge in [-0.3, -0.25) is 9.78 Å². The van der Waals surface area contributed by atoms with Crippen molar-refractivity contribution in [2.75, 3.05) is 23.9 Å². The second-order valence-electron chi connectivity index (χ2n) is 6.67. The fourth-order valence-corrected chi connectivity index (χ4v) is 5.34. The topological polar surface area (TPSA) is 66.5 Å². The minimum atomic E-state index is -0.194.